The lowest BCUT2D eigenvalue weighted by Gasteiger charge is -2.33. The Morgan fingerprint density at radius 1 is 1.18 bits per heavy atom. The van der Waals surface area contributed by atoms with E-state index in [0.29, 0.717) is 18.2 Å². The van der Waals surface area contributed by atoms with E-state index in [1.54, 1.807) is 0 Å². The number of carbonyl (C=O) groups excluding carboxylic acids is 1. The van der Waals surface area contributed by atoms with Crippen LogP contribution in [0.2, 0.25) is 0 Å². The number of nitrogens with zero attached hydrogens (tertiary/aromatic N) is 4. The molecular weight excluding hydrogens is 352 g/mol. The van der Waals surface area contributed by atoms with E-state index < -0.39 is 0 Å². The van der Waals surface area contributed by atoms with Gasteiger partial charge in [0.15, 0.2) is 0 Å². The standard InChI is InChI=1S/C22H30N4O2/c1-5-25(6-2)19-11-9-18(10-12-19)22(27)26-13-7-8-20(15-26)28-21-14-16(3)23-17(4)24-21/h9-12,14,20H,5-8,13,15H2,1-4H3. The first-order chi connectivity index (χ1) is 13.5. The molecule has 1 fully saturated rings. The molecule has 1 amide bonds. The first-order valence-electron chi connectivity index (χ1n) is 10.1. The van der Waals surface area contributed by atoms with Gasteiger partial charge in [-0.05, 0) is 64.8 Å². The maximum atomic E-state index is 13.0. The molecule has 1 aromatic carbocycles. The monoisotopic (exact) mass is 382 g/mol. The molecule has 1 aliphatic heterocycles. The largest absolute Gasteiger partial charge is 0.472 e. The molecule has 0 bridgehead atoms. The van der Waals surface area contributed by atoms with Crippen molar-refractivity contribution in [3.63, 3.8) is 0 Å². The first-order valence-corrected chi connectivity index (χ1v) is 10.1. The van der Waals surface area contributed by atoms with Gasteiger partial charge in [-0.2, -0.15) is 4.98 Å². The summed E-state index contributed by atoms with van der Waals surface area (Å²) < 4.78 is 6.06. The van der Waals surface area contributed by atoms with Crippen LogP contribution in [0.25, 0.3) is 0 Å². The van der Waals surface area contributed by atoms with Crippen LogP contribution in [-0.2, 0) is 0 Å². The highest BCUT2D eigenvalue weighted by Crippen LogP contribution is 2.21. The number of aromatic nitrogens is 2. The van der Waals surface area contributed by atoms with Gasteiger partial charge >= 0.3 is 0 Å². The summed E-state index contributed by atoms with van der Waals surface area (Å²) in [4.78, 5) is 25.8. The summed E-state index contributed by atoms with van der Waals surface area (Å²) in [5.74, 6) is 1.36. The molecule has 0 spiro atoms. The number of hydrogen-bond donors (Lipinski definition) is 0. The van der Waals surface area contributed by atoms with Crippen LogP contribution in [0, 0.1) is 13.8 Å². The van der Waals surface area contributed by atoms with Crippen LogP contribution >= 0.6 is 0 Å². The quantitative estimate of drug-likeness (QED) is 0.764. The fourth-order valence-electron chi connectivity index (χ4n) is 3.72. The van der Waals surface area contributed by atoms with Crippen LogP contribution in [0.15, 0.2) is 30.3 Å². The predicted molar refractivity (Wildman–Crippen MR) is 111 cm³/mol. The van der Waals surface area contributed by atoms with Crippen LogP contribution in [0.5, 0.6) is 5.88 Å². The zero-order chi connectivity index (χ0) is 20.1. The average Bonchev–Trinajstić information content (AvgIpc) is 2.68. The molecule has 0 saturated carbocycles. The molecular formula is C22H30N4O2. The Kier molecular flexibility index (Phi) is 6.49. The van der Waals surface area contributed by atoms with Gasteiger partial charge in [-0.15, -0.1) is 0 Å². The third-order valence-corrected chi connectivity index (χ3v) is 5.14. The summed E-state index contributed by atoms with van der Waals surface area (Å²) in [6, 6.07) is 9.77. The minimum absolute atomic E-state index is 0.0404. The van der Waals surface area contributed by atoms with Gasteiger partial charge in [0.1, 0.15) is 11.9 Å². The number of carbonyl (C=O) groups is 1. The van der Waals surface area contributed by atoms with Gasteiger partial charge in [0, 0.05) is 42.6 Å². The maximum absolute atomic E-state index is 13.0. The SMILES string of the molecule is CCN(CC)c1ccc(C(=O)N2CCCC(Oc3cc(C)nc(C)n3)C2)cc1. The third kappa shape index (κ3) is 4.80. The Morgan fingerprint density at radius 2 is 1.89 bits per heavy atom. The molecule has 6 heteroatoms. The molecule has 0 radical (unpaired) electrons. The van der Waals surface area contributed by atoms with Crippen molar-refractivity contribution in [2.45, 2.75) is 46.6 Å². The Bertz CT molecular complexity index is 782. The molecule has 3 rings (SSSR count). The third-order valence-electron chi connectivity index (χ3n) is 5.14. The fourth-order valence-corrected chi connectivity index (χ4v) is 3.72. The Labute approximate surface area is 167 Å². The number of amides is 1. The van der Waals surface area contributed by atoms with Crippen LogP contribution in [-0.4, -0.2) is 53.1 Å². The minimum atomic E-state index is -0.0404. The van der Waals surface area contributed by atoms with Crippen molar-refractivity contribution in [1.82, 2.24) is 14.9 Å². The van der Waals surface area contributed by atoms with Crippen LogP contribution < -0.4 is 9.64 Å². The van der Waals surface area contributed by atoms with E-state index in [1.165, 1.54) is 0 Å². The Hall–Kier alpha value is -2.63. The minimum Gasteiger partial charge on any atom is -0.472 e. The maximum Gasteiger partial charge on any atom is 0.253 e. The Morgan fingerprint density at radius 3 is 2.54 bits per heavy atom. The molecule has 1 saturated heterocycles. The van der Waals surface area contributed by atoms with E-state index in [0.717, 1.165) is 49.4 Å². The molecule has 1 aromatic heterocycles. The van der Waals surface area contributed by atoms with Gasteiger partial charge in [0.2, 0.25) is 5.88 Å². The van der Waals surface area contributed by atoms with Crippen molar-refractivity contribution in [3.05, 3.63) is 47.4 Å². The molecule has 28 heavy (non-hydrogen) atoms. The Balaban J connectivity index is 1.65. The number of hydrogen-bond acceptors (Lipinski definition) is 5. The highest BCUT2D eigenvalue weighted by molar-refractivity contribution is 5.94. The summed E-state index contributed by atoms with van der Waals surface area (Å²) in [6.45, 7) is 11.3. The van der Waals surface area contributed by atoms with Crippen molar-refractivity contribution < 1.29 is 9.53 Å². The molecule has 1 aliphatic rings. The second-order valence-corrected chi connectivity index (χ2v) is 7.25. The highest BCUT2D eigenvalue weighted by Gasteiger charge is 2.26. The van der Waals surface area contributed by atoms with Gasteiger partial charge in [-0.25, -0.2) is 4.98 Å². The lowest BCUT2D eigenvalue weighted by Crippen LogP contribution is -2.44. The molecule has 6 nitrogen and oxygen atoms in total. The van der Waals surface area contributed by atoms with E-state index in [1.807, 2.05) is 49.1 Å². The number of anilines is 1. The summed E-state index contributed by atoms with van der Waals surface area (Å²) in [7, 11) is 0. The van der Waals surface area contributed by atoms with Crippen molar-refractivity contribution in [3.8, 4) is 5.88 Å². The van der Waals surface area contributed by atoms with E-state index in [9.17, 15) is 4.79 Å². The van der Waals surface area contributed by atoms with Gasteiger partial charge in [0.25, 0.3) is 5.91 Å². The molecule has 2 heterocycles. The summed E-state index contributed by atoms with van der Waals surface area (Å²) in [6.07, 6.45) is 1.81. The molecule has 150 valence electrons. The average molecular weight is 383 g/mol. The normalized spacial score (nSPS) is 16.7. The highest BCUT2D eigenvalue weighted by atomic mass is 16.5. The fraction of sp³-hybridized carbons (Fsp3) is 0.500. The summed E-state index contributed by atoms with van der Waals surface area (Å²) >= 11 is 0. The molecule has 2 aromatic rings. The number of piperidine rings is 1. The number of ether oxygens (including phenoxy) is 1. The van der Waals surface area contributed by atoms with Gasteiger partial charge in [0.05, 0.1) is 6.54 Å². The number of benzene rings is 1. The topological polar surface area (TPSA) is 58.6 Å². The van der Waals surface area contributed by atoms with Crippen molar-refractivity contribution >= 4 is 11.6 Å². The second kappa shape index (κ2) is 9.04. The lowest BCUT2D eigenvalue weighted by atomic mass is 10.1. The van der Waals surface area contributed by atoms with Crippen molar-refractivity contribution in [2.24, 2.45) is 0 Å². The molecule has 0 aliphatic carbocycles. The van der Waals surface area contributed by atoms with Gasteiger partial charge in [-0.1, -0.05) is 0 Å². The van der Waals surface area contributed by atoms with E-state index >= 15 is 0 Å². The molecule has 1 atom stereocenters. The van der Waals surface area contributed by atoms with Crippen LogP contribution in [0.1, 0.15) is 48.6 Å². The molecule has 0 N–H and O–H groups in total. The first kappa shape index (κ1) is 20.1. The van der Waals surface area contributed by atoms with Gasteiger partial charge in [-0.3, -0.25) is 4.79 Å². The summed E-state index contributed by atoms with van der Waals surface area (Å²) in [5.41, 5.74) is 2.76. The van der Waals surface area contributed by atoms with Crippen molar-refractivity contribution in [1.29, 1.82) is 0 Å². The summed E-state index contributed by atoms with van der Waals surface area (Å²) in [5, 5.41) is 0. The second-order valence-electron chi connectivity index (χ2n) is 7.25. The smallest absolute Gasteiger partial charge is 0.253 e. The van der Waals surface area contributed by atoms with Crippen molar-refractivity contribution in [2.75, 3.05) is 31.1 Å². The molecule has 1 unspecified atom stereocenters. The van der Waals surface area contributed by atoms with Crippen LogP contribution in [0.3, 0.4) is 0 Å². The van der Waals surface area contributed by atoms with Gasteiger partial charge < -0.3 is 14.5 Å². The van der Waals surface area contributed by atoms with E-state index in [4.69, 9.17) is 4.74 Å². The lowest BCUT2D eigenvalue weighted by molar-refractivity contribution is 0.0527. The number of rotatable bonds is 6. The predicted octanol–water partition coefficient (Wildman–Crippen LogP) is 3.62. The zero-order valence-corrected chi connectivity index (χ0v) is 17.3. The zero-order valence-electron chi connectivity index (χ0n) is 17.3. The van der Waals surface area contributed by atoms with Crippen LogP contribution in [0.4, 0.5) is 5.69 Å². The van der Waals surface area contributed by atoms with E-state index in [2.05, 4.69) is 28.7 Å². The van der Waals surface area contributed by atoms with E-state index in [-0.39, 0.29) is 12.0 Å². The number of likely N-dealkylation sites (tertiary alicyclic amines) is 1. The number of aryl methyl sites for hydroxylation is 2.